The molecule has 1 N–H and O–H groups in total. The molecule has 5 heteroatoms. The molecule has 1 aliphatic rings. The van der Waals surface area contributed by atoms with E-state index in [1.165, 1.54) is 25.7 Å². The number of rotatable bonds is 4. The molecule has 1 fully saturated rings. The van der Waals surface area contributed by atoms with Crippen LogP contribution in [0, 0.1) is 5.92 Å². The monoisotopic (exact) mass is 301 g/mol. The Morgan fingerprint density at radius 3 is 2.50 bits per heavy atom. The molecule has 0 unspecified atom stereocenters. The number of hydrogen-bond acceptors (Lipinski definition) is 5. The molecule has 1 aliphatic carbocycles. The third-order valence-electron chi connectivity index (χ3n) is 4.34. The molecule has 3 rings (SSSR count). The molecular weight excluding hydrogens is 278 g/mol. The summed E-state index contributed by atoms with van der Waals surface area (Å²) in [5, 5.41) is 3.52. The Labute approximate surface area is 131 Å². The highest BCUT2D eigenvalue weighted by Crippen LogP contribution is 2.31. The van der Waals surface area contributed by atoms with Gasteiger partial charge < -0.3 is 14.8 Å². The van der Waals surface area contributed by atoms with Gasteiger partial charge in [-0.15, -0.1) is 0 Å². The van der Waals surface area contributed by atoms with Crippen LogP contribution in [-0.2, 0) is 0 Å². The van der Waals surface area contributed by atoms with Crippen LogP contribution in [-0.4, -0.2) is 30.2 Å². The average molecular weight is 301 g/mol. The second-order valence-electron chi connectivity index (χ2n) is 6.06. The highest BCUT2D eigenvalue weighted by molar-refractivity contribution is 5.80. The molecule has 0 spiro atoms. The van der Waals surface area contributed by atoms with Crippen molar-refractivity contribution in [3.63, 3.8) is 0 Å². The fourth-order valence-corrected chi connectivity index (χ4v) is 3.18. The third kappa shape index (κ3) is 3.08. The van der Waals surface area contributed by atoms with Gasteiger partial charge in [0.15, 0.2) is 11.5 Å². The number of anilines is 1. The zero-order valence-electron chi connectivity index (χ0n) is 13.4. The van der Waals surface area contributed by atoms with Crippen LogP contribution >= 0.6 is 0 Å². The van der Waals surface area contributed by atoms with Crippen molar-refractivity contribution in [3.05, 3.63) is 18.3 Å². The van der Waals surface area contributed by atoms with E-state index < -0.39 is 0 Å². The van der Waals surface area contributed by atoms with Crippen LogP contribution in [0.5, 0.6) is 11.5 Å². The third-order valence-corrected chi connectivity index (χ3v) is 4.34. The highest BCUT2D eigenvalue weighted by atomic mass is 16.5. The minimum atomic E-state index is 0.496. The summed E-state index contributed by atoms with van der Waals surface area (Å²) in [4.78, 5) is 9.16. The minimum absolute atomic E-state index is 0.496. The number of benzene rings is 1. The van der Waals surface area contributed by atoms with E-state index in [1.54, 1.807) is 20.4 Å². The zero-order chi connectivity index (χ0) is 15.5. The van der Waals surface area contributed by atoms with E-state index in [-0.39, 0.29) is 0 Å². The SMILES string of the molecule is COc1cc2ncc(N[C@@H]3CCC[C@@H](C)C3)nc2cc1OC. The fraction of sp³-hybridized carbons (Fsp3) is 0.529. The molecule has 1 aromatic carbocycles. The van der Waals surface area contributed by atoms with E-state index in [4.69, 9.17) is 9.47 Å². The molecule has 22 heavy (non-hydrogen) atoms. The van der Waals surface area contributed by atoms with Gasteiger partial charge in [-0.25, -0.2) is 4.98 Å². The van der Waals surface area contributed by atoms with Crippen LogP contribution in [0.3, 0.4) is 0 Å². The summed E-state index contributed by atoms with van der Waals surface area (Å²) in [6.45, 7) is 2.32. The smallest absolute Gasteiger partial charge is 0.163 e. The first-order valence-corrected chi connectivity index (χ1v) is 7.85. The van der Waals surface area contributed by atoms with Crippen molar-refractivity contribution < 1.29 is 9.47 Å². The van der Waals surface area contributed by atoms with Crippen molar-refractivity contribution in [1.29, 1.82) is 0 Å². The van der Waals surface area contributed by atoms with Gasteiger partial charge in [0.2, 0.25) is 0 Å². The maximum absolute atomic E-state index is 5.34. The number of hydrogen-bond donors (Lipinski definition) is 1. The number of ether oxygens (including phenoxy) is 2. The van der Waals surface area contributed by atoms with Gasteiger partial charge in [-0.2, -0.15) is 0 Å². The van der Waals surface area contributed by atoms with E-state index in [0.29, 0.717) is 17.5 Å². The maximum Gasteiger partial charge on any atom is 0.163 e. The van der Waals surface area contributed by atoms with Crippen molar-refractivity contribution in [2.45, 2.75) is 38.6 Å². The summed E-state index contributed by atoms with van der Waals surface area (Å²) < 4.78 is 10.6. The minimum Gasteiger partial charge on any atom is -0.493 e. The van der Waals surface area contributed by atoms with E-state index in [9.17, 15) is 0 Å². The standard InChI is InChI=1S/C17H23N3O2/c1-11-5-4-6-12(7-11)19-17-10-18-13-8-15(21-2)16(22-3)9-14(13)20-17/h8-12H,4-7H2,1-3H3,(H,19,20)/t11-,12-/m1/s1. The first-order chi connectivity index (χ1) is 10.7. The van der Waals surface area contributed by atoms with Crippen molar-refractivity contribution in [2.75, 3.05) is 19.5 Å². The molecule has 0 radical (unpaired) electrons. The molecule has 1 saturated carbocycles. The molecule has 0 aliphatic heterocycles. The molecule has 0 saturated heterocycles. The van der Waals surface area contributed by atoms with E-state index in [2.05, 4.69) is 22.2 Å². The first-order valence-electron chi connectivity index (χ1n) is 7.85. The molecule has 5 nitrogen and oxygen atoms in total. The predicted molar refractivity (Wildman–Crippen MR) is 87.7 cm³/mol. The zero-order valence-corrected chi connectivity index (χ0v) is 13.4. The van der Waals surface area contributed by atoms with Gasteiger partial charge in [0.25, 0.3) is 0 Å². The van der Waals surface area contributed by atoms with Crippen LogP contribution in [0.25, 0.3) is 11.0 Å². The van der Waals surface area contributed by atoms with Crippen LogP contribution < -0.4 is 14.8 Å². The Kier molecular flexibility index (Phi) is 4.32. The number of fused-ring (bicyclic) bond motifs is 1. The summed E-state index contributed by atoms with van der Waals surface area (Å²) in [5.74, 6) is 2.96. The highest BCUT2D eigenvalue weighted by Gasteiger charge is 2.19. The molecule has 0 amide bonds. The van der Waals surface area contributed by atoms with Crippen LogP contribution in [0.15, 0.2) is 18.3 Å². The lowest BCUT2D eigenvalue weighted by Crippen LogP contribution is -2.26. The summed E-state index contributed by atoms with van der Waals surface area (Å²) in [5.41, 5.74) is 1.62. The van der Waals surface area contributed by atoms with Crippen LogP contribution in [0.4, 0.5) is 5.82 Å². The number of nitrogens with zero attached hydrogens (tertiary/aromatic N) is 2. The Hall–Kier alpha value is -2.04. The number of aromatic nitrogens is 2. The van der Waals surface area contributed by atoms with Crippen molar-refractivity contribution in [3.8, 4) is 11.5 Å². The van der Waals surface area contributed by atoms with Gasteiger partial charge in [-0.05, 0) is 18.8 Å². The van der Waals surface area contributed by atoms with Gasteiger partial charge in [0.05, 0.1) is 31.4 Å². The van der Waals surface area contributed by atoms with E-state index >= 15 is 0 Å². The van der Waals surface area contributed by atoms with Crippen molar-refractivity contribution in [2.24, 2.45) is 5.92 Å². The van der Waals surface area contributed by atoms with Crippen molar-refractivity contribution in [1.82, 2.24) is 9.97 Å². The quantitative estimate of drug-likeness (QED) is 0.934. The lowest BCUT2D eigenvalue weighted by Gasteiger charge is -2.27. The average Bonchev–Trinajstić information content (AvgIpc) is 2.53. The summed E-state index contributed by atoms with van der Waals surface area (Å²) in [6, 6.07) is 4.22. The molecular formula is C17H23N3O2. The second kappa shape index (κ2) is 6.38. The maximum atomic E-state index is 5.34. The molecule has 118 valence electrons. The molecule has 2 atom stereocenters. The lowest BCUT2D eigenvalue weighted by atomic mass is 9.87. The van der Waals surface area contributed by atoms with Crippen LogP contribution in [0.2, 0.25) is 0 Å². The van der Waals surface area contributed by atoms with Gasteiger partial charge in [-0.3, -0.25) is 4.98 Å². The van der Waals surface area contributed by atoms with Gasteiger partial charge >= 0.3 is 0 Å². The van der Waals surface area contributed by atoms with E-state index in [0.717, 1.165) is 22.8 Å². The Morgan fingerprint density at radius 1 is 1.09 bits per heavy atom. The van der Waals surface area contributed by atoms with E-state index in [1.807, 2.05) is 12.1 Å². The normalized spacial score (nSPS) is 21.6. The summed E-state index contributed by atoms with van der Waals surface area (Å²) >= 11 is 0. The van der Waals surface area contributed by atoms with Gasteiger partial charge in [-0.1, -0.05) is 19.8 Å². The summed E-state index contributed by atoms with van der Waals surface area (Å²) in [7, 11) is 3.25. The second-order valence-corrected chi connectivity index (χ2v) is 6.06. The van der Waals surface area contributed by atoms with Gasteiger partial charge in [0, 0.05) is 18.2 Å². The Balaban J connectivity index is 1.85. The number of methoxy groups -OCH3 is 2. The largest absolute Gasteiger partial charge is 0.493 e. The summed E-state index contributed by atoms with van der Waals surface area (Å²) in [6.07, 6.45) is 6.82. The lowest BCUT2D eigenvalue weighted by molar-refractivity contribution is 0.355. The Morgan fingerprint density at radius 2 is 1.82 bits per heavy atom. The molecule has 1 heterocycles. The molecule has 2 aromatic rings. The molecule has 1 aromatic heterocycles. The van der Waals surface area contributed by atoms with Crippen LogP contribution in [0.1, 0.15) is 32.6 Å². The number of nitrogens with one attached hydrogen (secondary N) is 1. The first kappa shape index (κ1) is 14.9. The topological polar surface area (TPSA) is 56.3 Å². The molecule has 0 bridgehead atoms. The predicted octanol–water partition coefficient (Wildman–Crippen LogP) is 3.64. The van der Waals surface area contributed by atoms with Gasteiger partial charge in [0.1, 0.15) is 5.82 Å². The van der Waals surface area contributed by atoms with Crippen molar-refractivity contribution >= 4 is 16.9 Å². The fourth-order valence-electron chi connectivity index (χ4n) is 3.18. The Bertz CT molecular complexity index is 660.